The minimum absolute atomic E-state index is 0.470. The summed E-state index contributed by atoms with van der Waals surface area (Å²) in [6.07, 6.45) is 3.92. The van der Waals surface area contributed by atoms with E-state index in [-0.39, 0.29) is 0 Å². The van der Waals surface area contributed by atoms with Gasteiger partial charge in [-0.25, -0.2) is 0 Å². The number of hydrogen-bond acceptors (Lipinski definition) is 1. The van der Waals surface area contributed by atoms with Crippen molar-refractivity contribution in [1.82, 2.24) is 0 Å². The van der Waals surface area contributed by atoms with Gasteiger partial charge in [0.25, 0.3) is 0 Å². The van der Waals surface area contributed by atoms with Crippen LogP contribution in [0.15, 0.2) is 0 Å². The molecule has 0 aromatic rings. The first-order valence-electron chi connectivity index (χ1n) is 4.06. The van der Waals surface area contributed by atoms with Gasteiger partial charge >= 0.3 is 73.9 Å². The van der Waals surface area contributed by atoms with Crippen molar-refractivity contribution in [3.05, 3.63) is 0 Å². The summed E-state index contributed by atoms with van der Waals surface area (Å²) in [4.78, 5) is 0. The summed E-state index contributed by atoms with van der Waals surface area (Å²) >= 11 is -0.470. The zero-order chi connectivity index (χ0) is 7.56. The number of alkyl halides is 1. The Labute approximate surface area is 74.0 Å². The molecule has 1 fully saturated rings. The van der Waals surface area contributed by atoms with Gasteiger partial charge in [-0.1, -0.05) is 0 Å². The quantitative estimate of drug-likeness (QED) is 0.486. The fourth-order valence-corrected chi connectivity index (χ4v) is 4.25. The summed E-state index contributed by atoms with van der Waals surface area (Å²) in [7, 11) is 0. The standard InChI is InChI=1S/C8H16IO/c1-3-7-6(2)4-5-8(7)9-10/h6-8,10H,3-5H2,1-2H3/q-1. The number of rotatable bonds is 2. The Morgan fingerprint density at radius 2 is 2.20 bits per heavy atom. The SMILES string of the molecule is CCC1C(C)CCC1[I-]O. The van der Waals surface area contributed by atoms with Gasteiger partial charge in [-0.3, -0.25) is 0 Å². The van der Waals surface area contributed by atoms with Crippen molar-refractivity contribution in [3.8, 4) is 0 Å². The maximum atomic E-state index is 9.10. The van der Waals surface area contributed by atoms with Gasteiger partial charge in [0.05, 0.1) is 0 Å². The van der Waals surface area contributed by atoms with E-state index in [1.165, 1.54) is 19.3 Å². The molecule has 0 aromatic carbocycles. The first kappa shape index (κ1) is 8.78. The van der Waals surface area contributed by atoms with E-state index in [9.17, 15) is 0 Å². The van der Waals surface area contributed by atoms with Crippen LogP contribution in [0.25, 0.3) is 0 Å². The Hall–Kier alpha value is 0.690. The van der Waals surface area contributed by atoms with Crippen LogP contribution in [0, 0.1) is 11.8 Å². The first-order valence-corrected chi connectivity index (χ1v) is 6.27. The third-order valence-electron chi connectivity index (χ3n) is 2.69. The molecule has 0 bridgehead atoms. The van der Waals surface area contributed by atoms with Crippen LogP contribution in [-0.4, -0.2) is 7.36 Å². The second kappa shape index (κ2) is 3.90. The summed E-state index contributed by atoms with van der Waals surface area (Å²) in [6, 6.07) is 0. The molecule has 0 spiro atoms. The Morgan fingerprint density at radius 3 is 2.60 bits per heavy atom. The predicted molar refractivity (Wildman–Crippen MR) is 38.2 cm³/mol. The molecule has 0 heterocycles. The normalized spacial score (nSPS) is 40.9. The van der Waals surface area contributed by atoms with Crippen molar-refractivity contribution < 1.29 is 25.1 Å². The predicted octanol–water partition coefficient (Wildman–Crippen LogP) is -1.19. The molecule has 1 nitrogen and oxygen atoms in total. The van der Waals surface area contributed by atoms with Crippen LogP contribution in [-0.2, 0) is 0 Å². The molecule has 1 rings (SSSR count). The van der Waals surface area contributed by atoms with Crippen molar-refractivity contribution >= 4 is 0 Å². The molecule has 0 amide bonds. The monoisotopic (exact) mass is 255 g/mol. The Kier molecular flexibility index (Phi) is 3.43. The van der Waals surface area contributed by atoms with Crippen LogP contribution in [0.4, 0.5) is 0 Å². The van der Waals surface area contributed by atoms with E-state index in [0.29, 0.717) is 0 Å². The average Bonchev–Trinajstić information content (AvgIpc) is 2.30. The van der Waals surface area contributed by atoms with E-state index in [4.69, 9.17) is 3.44 Å². The molecule has 1 saturated carbocycles. The molecule has 1 aliphatic carbocycles. The van der Waals surface area contributed by atoms with E-state index >= 15 is 0 Å². The average molecular weight is 255 g/mol. The zero-order valence-corrected chi connectivity index (χ0v) is 8.84. The summed E-state index contributed by atoms with van der Waals surface area (Å²) in [5, 5.41) is 0. The summed E-state index contributed by atoms with van der Waals surface area (Å²) < 4.78 is 9.82. The second-order valence-electron chi connectivity index (χ2n) is 3.24. The van der Waals surface area contributed by atoms with Crippen LogP contribution in [0.2, 0.25) is 0 Å². The van der Waals surface area contributed by atoms with Gasteiger partial charge in [0.2, 0.25) is 0 Å². The van der Waals surface area contributed by atoms with Crippen molar-refractivity contribution in [2.24, 2.45) is 11.8 Å². The maximum absolute atomic E-state index is 9.10. The van der Waals surface area contributed by atoms with Crippen LogP contribution in [0.5, 0.6) is 0 Å². The van der Waals surface area contributed by atoms with Crippen LogP contribution < -0.4 is 21.6 Å². The molecule has 3 atom stereocenters. The van der Waals surface area contributed by atoms with Crippen LogP contribution in [0.1, 0.15) is 33.1 Å². The Balaban J connectivity index is 2.45. The fraction of sp³-hybridized carbons (Fsp3) is 1.00. The van der Waals surface area contributed by atoms with Crippen LogP contribution in [0.3, 0.4) is 0 Å². The molecule has 62 valence electrons. The molecule has 0 radical (unpaired) electrons. The minimum atomic E-state index is -0.470. The molecule has 0 saturated heterocycles. The van der Waals surface area contributed by atoms with Crippen molar-refractivity contribution in [1.29, 1.82) is 0 Å². The molecule has 0 aromatic heterocycles. The molecule has 1 aliphatic rings. The molecular formula is C8H16IO-. The van der Waals surface area contributed by atoms with Crippen LogP contribution >= 0.6 is 0 Å². The van der Waals surface area contributed by atoms with Gasteiger partial charge in [0, 0.05) is 0 Å². The van der Waals surface area contributed by atoms with Crippen molar-refractivity contribution in [2.45, 2.75) is 37.0 Å². The Morgan fingerprint density at radius 1 is 1.50 bits per heavy atom. The molecule has 10 heavy (non-hydrogen) atoms. The molecule has 0 aliphatic heterocycles. The number of halogens is 1. The molecule has 3 unspecified atom stereocenters. The number of hydrogen-bond donors (Lipinski definition) is 1. The summed E-state index contributed by atoms with van der Waals surface area (Å²) in [5.41, 5.74) is 0. The Bertz CT molecular complexity index is 105. The van der Waals surface area contributed by atoms with E-state index in [1.807, 2.05) is 0 Å². The van der Waals surface area contributed by atoms with E-state index in [0.717, 1.165) is 15.8 Å². The van der Waals surface area contributed by atoms with Gasteiger partial charge in [-0.05, 0) is 0 Å². The molecule has 1 N–H and O–H groups in total. The third kappa shape index (κ3) is 1.64. The zero-order valence-electron chi connectivity index (χ0n) is 6.68. The second-order valence-corrected chi connectivity index (χ2v) is 5.40. The van der Waals surface area contributed by atoms with E-state index in [1.54, 1.807) is 0 Å². The topological polar surface area (TPSA) is 20.2 Å². The molecule has 2 heteroatoms. The van der Waals surface area contributed by atoms with Crippen molar-refractivity contribution in [3.63, 3.8) is 0 Å². The summed E-state index contributed by atoms with van der Waals surface area (Å²) in [6.45, 7) is 4.58. The third-order valence-corrected chi connectivity index (χ3v) is 4.95. The van der Waals surface area contributed by atoms with Gasteiger partial charge < -0.3 is 0 Å². The van der Waals surface area contributed by atoms with Crippen molar-refractivity contribution in [2.75, 3.05) is 0 Å². The molecular weight excluding hydrogens is 239 g/mol. The fourth-order valence-electron chi connectivity index (χ4n) is 1.99. The van der Waals surface area contributed by atoms with Gasteiger partial charge in [-0.2, -0.15) is 0 Å². The summed E-state index contributed by atoms with van der Waals surface area (Å²) in [5.74, 6) is 1.72. The van der Waals surface area contributed by atoms with Gasteiger partial charge in [-0.15, -0.1) is 0 Å². The van der Waals surface area contributed by atoms with Gasteiger partial charge in [0.15, 0.2) is 0 Å². The van der Waals surface area contributed by atoms with E-state index < -0.39 is 21.6 Å². The van der Waals surface area contributed by atoms with E-state index in [2.05, 4.69) is 13.8 Å². The first-order chi connectivity index (χ1) is 4.79. The van der Waals surface area contributed by atoms with Gasteiger partial charge in [0.1, 0.15) is 0 Å².